The summed E-state index contributed by atoms with van der Waals surface area (Å²) in [5.74, 6) is 0. The molecule has 0 saturated carbocycles. The van der Waals surface area contributed by atoms with Crippen LogP contribution in [0.4, 0.5) is 11.4 Å². The summed E-state index contributed by atoms with van der Waals surface area (Å²) in [6, 6.07) is 83.5. The van der Waals surface area contributed by atoms with Gasteiger partial charge in [-0.05, 0) is 129 Å². The minimum atomic E-state index is 0.935. The van der Waals surface area contributed by atoms with Crippen LogP contribution in [0.5, 0.6) is 0 Å². The summed E-state index contributed by atoms with van der Waals surface area (Å²) < 4.78 is 2.41. The summed E-state index contributed by atoms with van der Waals surface area (Å²) in [5, 5.41) is 2.54. The second-order valence-electron chi connectivity index (χ2n) is 16.1. The Kier molecular flexibility index (Phi) is 9.72. The van der Waals surface area contributed by atoms with Gasteiger partial charge in [0.1, 0.15) is 0 Å². The van der Waals surface area contributed by atoms with Gasteiger partial charge in [-0.1, -0.05) is 182 Å². The quantitative estimate of drug-likeness (QED) is 0.141. The van der Waals surface area contributed by atoms with Crippen molar-refractivity contribution in [2.24, 2.45) is 0 Å². The fourth-order valence-corrected chi connectivity index (χ4v) is 9.14. The minimum absolute atomic E-state index is 0.935. The molecule has 0 atom stereocenters. The molecule has 1 aromatic heterocycles. The first kappa shape index (κ1) is 37.1. The van der Waals surface area contributed by atoms with Crippen molar-refractivity contribution in [3.05, 3.63) is 254 Å². The van der Waals surface area contributed by atoms with Crippen LogP contribution in [0.25, 0.3) is 77.6 Å². The Morgan fingerprint density at radius 3 is 1.26 bits per heavy atom. The maximum atomic E-state index is 2.41. The Morgan fingerprint density at radius 2 is 0.726 bits per heavy atom. The van der Waals surface area contributed by atoms with Gasteiger partial charge in [0.25, 0.3) is 0 Å². The molecule has 0 fully saturated rings. The van der Waals surface area contributed by atoms with Crippen LogP contribution in [-0.2, 0) is 0 Å². The predicted octanol–water partition coefficient (Wildman–Crippen LogP) is 16.4. The molecule has 2 nitrogen and oxygen atoms in total. The number of fused-ring (bicyclic) bond motifs is 3. The van der Waals surface area contributed by atoms with E-state index in [0.29, 0.717) is 0 Å². The molecule has 1 heterocycles. The third-order valence-electron chi connectivity index (χ3n) is 12.4. The Balaban J connectivity index is 0.875. The number of allylic oxidation sites excluding steroid dienone is 4. The van der Waals surface area contributed by atoms with E-state index in [0.717, 1.165) is 24.2 Å². The normalized spacial score (nSPS) is 12.6. The van der Waals surface area contributed by atoms with Crippen molar-refractivity contribution in [3.8, 4) is 50.2 Å². The van der Waals surface area contributed by atoms with Gasteiger partial charge in [-0.2, -0.15) is 0 Å². The average Bonchev–Trinajstić information content (AvgIpc) is 3.69. The van der Waals surface area contributed by atoms with E-state index in [2.05, 4.69) is 252 Å². The molecule has 62 heavy (non-hydrogen) atoms. The van der Waals surface area contributed by atoms with E-state index >= 15 is 0 Å². The number of anilines is 2. The molecule has 9 aromatic carbocycles. The highest BCUT2D eigenvalue weighted by Crippen LogP contribution is 2.40. The van der Waals surface area contributed by atoms with Gasteiger partial charge in [0, 0.05) is 33.5 Å². The zero-order valence-corrected chi connectivity index (χ0v) is 34.4. The van der Waals surface area contributed by atoms with Crippen molar-refractivity contribution in [2.45, 2.75) is 12.8 Å². The highest BCUT2D eigenvalue weighted by molar-refractivity contribution is 6.10. The lowest BCUT2D eigenvalue weighted by Crippen LogP contribution is -2.17. The van der Waals surface area contributed by atoms with Crippen molar-refractivity contribution >= 4 is 38.8 Å². The van der Waals surface area contributed by atoms with Gasteiger partial charge < -0.3 is 9.47 Å². The van der Waals surface area contributed by atoms with Crippen LogP contribution in [0.2, 0.25) is 0 Å². The van der Waals surface area contributed by atoms with Crippen LogP contribution in [0.1, 0.15) is 18.4 Å². The van der Waals surface area contributed by atoms with Crippen LogP contribution in [0.15, 0.2) is 248 Å². The average molecular weight is 793 g/mol. The van der Waals surface area contributed by atoms with Gasteiger partial charge in [0.2, 0.25) is 0 Å². The van der Waals surface area contributed by atoms with Gasteiger partial charge in [-0.15, -0.1) is 0 Å². The van der Waals surface area contributed by atoms with E-state index in [1.165, 1.54) is 88.8 Å². The van der Waals surface area contributed by atoms with Crippen molar-refractivity contribution in [3.63, 3.8) is 0 Å². The molecule has 294 valence electrons. The highest BCUT2D eigenvalue weighted by atomic mass is 15.1. The largest absolute Gasteiger partial charge is 0.314 e. The topological polar surface area (TPSA) is 8.17 Å². The summed E-state index contributed by atoms with van der Waals surface area (Å²) in [5.41, 5.74) is 19.6. The smallest absolute Gasteiger partial charge is 0.0541 e. The lowest BCUT2D eigenvalue weighted by Gasteiger charge is -2.30. The van der Waals surface area contributed by atoms with E-state index in [9.17, 15) is 0 Å². The van der Waals surface area contributed by atoms with E-state index in [4.69, 9.17) is 0 Å². The van der Waals surface area contributed by atoms with Crippen LogP contribution in [0, 0.1) is 0 Å². The standard InChI is InChI=1S/C60H44N2/c1-4-12-43(13-5-1)45-20-24-47(25-21-45)49-28-35-54(36-29-49)61(53-16-8-3-9-17-53)55-37-32-51(33-38-55)52-34-41-60-58(42-52)57-18-10-11-19-59(57)62(60)56-39-30-50(31-40-56)48-26-22-46(23-27-48)44-14-6-2-7-15-44/h1-32,34-37,39-42H,33,38H2. The molecule has 0 saturated heterocycles. The Hall–Kier alpha value is -7.94. The van der Waals surface area contributed by atoms with E-state index in [1.54, 1.807) is 0 Å². The number of para-hydroxylation sites is 2. The van der Waals surface area contributed by atoms with Crippen LogP contribution in [0.3, 0.4) is 0 Å². The molecule has 10 aromatic rings. The molecule has 11 rings (SSSR count). The zero-order valence-electron chi connectivity index (χ0n) is 34.4. The number of aromatic nitrogens is 1. The minimum Gasteiger partial charge on any atom is -0.314 e. The molecule has 0 amide bonds. The number of hydrogen-bond acceptors (Lipinski definition) is 1. The Morgan fingerprint density at radius 1 is 0.306 bits per heavy atom. The van der Waals surface area contributed by atoms with Crippen molar-refractivity contribution in [1.29, 1.82) is 0 Å². The lowest BCUT2D eigenvalue weighted by atomic mass is 9.93. The predicted molar refractivity (Wildman–Crippen MR) is 263 cm³/mol. The van der Waals surface area contributed by atoms with Gasteiger partial charge in [0.15, 0.2) is 0 Å². The van der Waals surface area contributed by atoms with E-state index in [1.807, 2.05) is 0 Å². The first-order valence-corrected chi connectivity index (χ1v) is 21.5. The van der Waals surface area contributed by atoms with Gasteiger partial charge in [-0.25, -0.2) is 0 Å². The summed E-state index contributed by atoms with van der Waals surface area (Å²) in [7, 11) is 0. The van der Waals surface area contributed by atoms with Gasteiger partial charge in [0.05, 0.1) is 11.0 Å². The number of hydrogen-bond donors (Lipinski definition) is 0. The van der Waals surface area contributed by atoms with Gasteiger partial charge in [-0.3, -0.25) is 0 Å². The molecule has 0 unspecified atom stereocenters. The van der Waals surface area contributed by atoms with Gasteiger partial charge >= 0.3 is 0 Å². The Bertz CT molecular complexity index is 3210. The molecule has 0 N–H and O–H groups in total. The maximum Gasteiger partial charge on any atom is 0.0541 e. The molecule has 1 aliphatic rings. The zero-order chi connectivity index (χ0) is 41.2. The maximum absolute atomic E-state index is 2.41. The number of benzene rings is 9. The lowest BCUT2D eigenvalue weighted by molar-refractivity contribution is 0.930. The first-order chi connectivity index (χ1) is 30.7. The van der Waals surface area contributed by atoms with Crippen molar-refractivity contribution in [2.75, 3.05) is 4.90 Å². The molecular weight excluding hydrogens is 749 g/mol. The van der Waals surface area contributed by atoms with Crippen molar-refractivity contribution in [1.82, 2.24) is 4.57 Å². The van der Waals surface area contributed by atoms with Crippen LogP contribution < -0.4 is 4.90 Å². The summed E-state index contributed by atoms with van der Waals surface area (Å²) in [4.78, 5) is 2.41. The summed E-state index contributed by atoms with van der Waals surface area (Å²) >= 11 is 0. The molecule has 1 aliphatic carbocycles. The number of rotatable bonds is 9. The third-order valence-corrected chi connectivity index (χ3v) is 12.4. The molecular formula is C60H44N2. The van der Waals surface area contributed by atoms with Crippen LogP contribution in [-0.4, -0.2) is 4.57 Å². The molecule has 2 heteroatoms. The SMILES string of the molecule is C1=C(c2ccc3c(c2)c2ccccc2n3-c2ccc(-c3ccc(-c4ccccc4)cc3)cc2)CCC(N(c2ccccc2)c2ccc(-c3ccc(-c4ccccc4)cc3)cc2)=C1. The van der Waals surface area contributed by atoms with E-state index in [-0.39, 0.29) is 0 Å². The Labute approximate surface area is 363 Å². The van der Waals surface area contributed by atoms with E-state index < -0.39 is 0 Å². The first-order valence-electron chi connectivity index (χ1n) is 21.5. The monoisotopic (exact) mass is 792 g/mol. The second-order valence-corrected chi connectivity index (χ2v) is 16.1. The van der Waals surface area contributed by atoms with Crippen molar-refractivity contribution < 1.29 is 0 Å². The number of nitrogens with zero attached hydrogens (tertiary/aromatic N) is 2. The molecule has 0 aliphatic heterocycles. The summed E-state index contributed by atoms with van der Waals surface area (Å²) in [6.07, 6.45) is 6.55. The molecule has 0 spiro atoms. The third kappa shape index (κ3) is 7.12. The highest BCUT2D eigenvalue weighted by Gasteiger charge is 2.20. The van der Waals surface area contributed by atoms with Crippen LogP contribution >= 0.6 is 0 Å². The molecule has 0 bridgehead atoms. The fraction of sp³-hybridized carbons (Fsp3) is 0.0333. The fourth-order valence-electron chi connectivity index (χ4n) is 9.14. The molecule has 0 radical (unpaired) electrons. The summed E-state index contributed by atoms with van der Waals surface area (Å²) in [6.45, 7) is 0. The second kappa shape index (κ2) is 16.3.